The van der Waals surface area contributed by atoms with E-state index in [0.717, 1.165) is 5.56 Å². The van der Waals surface area contributed by atoms with Crippen molar-refractivity contribution in [3.05, 3.63) is 58.9 Å². The Morgan fingerprint density at radius 1 is 1.19 bits per heavy atom. The van der Waals surface area contributed by atoms with Crippen LogP contribution in [0.2, 0.25) is 0 Å². The summed E-state index contributed by atoms with van der Waals surface area (Å²) in [5.74, 6) is 0.653. The summed E-state index contributed by atoms with van der Waals surface area (Å²) in [5.41, 5.74) is 1.79. The molecule has 0 N–H and O–H groups in total. The number of hydrogen-bond acceptors (Lipinski definition) is 6. The minimum atomic E-state index is -0.560. The fourth-order valence-corrected chi connectivity index (χ4v) is 2.68. The van der Waals surface area contributed by atoms with Crippen molar-refractivity contribution < 1.29 is 32.9 Å². The van der Waals surface area contributed by atoms with E-state index in [1.54, 1.807) is 31.4 Å². The molecule has 0 radical (unpaired) electrons. The molecule has 2 aromatic rings. The lowest BCUT2D eigenvalue weighted by Gasteiger charge is -2.20. The van der Waals surface area contributed by atoms with Gasteiger partial charge in [0.2, 0.25) is 0 Å². The number of benzene rings is 2. The van der Waals surface area contributed by atoms with Crippen molar-refractivity contribution in [3.8, 4) is 17.2 Å². The number of carbonyl (C=O) groups is 1. The molecule has 1 aliphatic heterocycles. The Morgan fingerprint density at radius 2 is 2.00 bits per heavy atom. The van der Waals surface area contributed by atoms with E-state index in [-0.39, 0.29) is 20.0 Å². The van der Waals surface area contributed by atoms with Crippen LogP contribution in [0.1, 0.15) is 16.7 Å². The number of hydrogen-bond donors (Lipinski definition) is 0. The topological polar surface area (TPSA) is 63.2 Å². The van der Waals surface area contributed by atoms with E-state index >= 15 is 0 Å². The van der Waals surface area contributed by atoms with Gasteiger partial charge in [0.25, 0.3) is 0 Å². The molecule has 7 heteroatoms. The largest absolute Gasteiger partial charge is 0.493 e. The van der Waals surface area contributed by atoms with Crippen molar-refractivity contribution in [3.63, 3.8) is 0 Å². The van der Waals surface area contributed by atoms with Crippen LogP contribution in [0, 0.1) is 5.82 Å². The number of ether oxygens (including phenoxy) is 5. The van der Waals surface area contributed by atoms with Crippen molar-refractivity contribution >= 4 is 12.0 Å². The first-order valence-corrected chi connectivity index (χ1v) is 8.19. The summed E-state index contributed by atoms with van der Waals surface area (Å²) in [4.78, 5) is 12.0. The van der Waals surface area contributed by atoms with E-state index in [2.05, 4.69) is 0 Å². The molecule has 27 heavy (non-hydrogen) atoms. The molecule has 0 saturated carbocycles. The zero-order valence-corrected chi connectivity index (χ0v) is 15.0. The van der Waals surface area contributed by atoms with Crippen LogP contribution < -0.4 is 14.2 Å². The van der Waals surface area contributed by atoms with Gasteiger partial charge in [-0.2, -0.15) is 0 Å². The van der Waals surface area contributed by atoms with Crippen LogP contribution in [0.15, 0.2) is 36.4 Å². The maximum Gasteiger partial charge on any atom is 0.331 e. The standard InChI is InChI=1S/C20H19FO6/c1-23-17-5-3-13(7-18(17)24-2)4-6-19(22)26-11-15-9-16(21)8-14-10-25-12-27-20(14)15/h3-9H,10-12H2,1-2H3/b6-4+. The Kier molecular flexibility index (Phi) is 5.93. The summed E-state index contributed by atoms with van der Waals surface area (Å²) in [6.07, 6.45) is 2.88. The van der Waals surface area contributed by atoms with Crippen LogP contribution in [-0.2, 0) is 27.5 Å². The van der Waals surface area contributed by atoms with Gasteiger partial charge in [-0.3, -0.25) is 0 Å². The molecule has 1 aliphatic rings. The lowest BCUT2D eigenvalue weighted by atomic mass is 10.1. The third-order valence-corrected chi connectivity index (χ3v) is 3.94. The Bertz CT molecular complexity index is 862. The molecule has 2 aromatic carbocycles. The first-order valence-electron chi connectivity index (χ1n) is 8.19. The molecule has 0 aromatic heterocycles. The van der Waals surface area contributed by atoms with Crippen molar-refractivity contribution in [2.24, 2.45) is 0 Å². The van der Waals surface area contributed by atoms with Gasteiger partial charge in [-0.15, -0.1) is 0 Å². The first kappa shape index (κ1) is 18.7. The molecule has 0 fully saturated rings. The lowest BCUT2D eigenvalue weighted by Crippen LogP contribution is -2.14. The van der Waals surface area contributed by atoms with Gasteiger partial charge in [-0.25, -0.2) is 9.18 Å². The summed E-state index contributed by atoms with van der Waals surface area (Å²) < 4.78 is 39.8. The van der Waals surface area contributed by atoms with Crippen LogP contribution in [0.4, 0.5) is 4.39 Å². The van der Waals surface area contributed by atoms with Gasteiger partial charge in [0, 0.05) is 17.2 Å². The quantitative estimate of drug-likeness (QED) is 0.570. The predicted molar refractivity (Wildman–Crippen MR) is 95.1 cm³/mol. The highest BCUT2D eigenvalue weighted by Crippen LogP contribution is 2.30. The third-order valence-electron chi connectivity index (χ3n) is 3.94. The zero-order valence-electron chi connectivity index (χ0n) is 15.0. The SMILES string of the molecule is COc1ccc(/C=C/C(=O)OCc2cc(F)cc3c2OCOC3)cc1OC. The summed E-state index contributed by atoms with van der Waals surface area (Å²) >= 11 is 0. The lowest BCUT2D eigenvalue weighted by molar-refractivity contribution is -0.139. The van der Waals surface area contributed by atoms with Gasteiger partial charge in [0.1, 0.15) is 18.2 Å². The average molecular weight is 374 g/mol. The van der Waals surface area contributed by atoms with Gasteiger partial charge in [0.15, 0.2) is 18.3 Å². The van der Waals surface area contributed by atoms with Crippen molar-refractivity contribution in [1.29, 1.82) is 0 Å². The number of carbonyl (C=O) groups excluding carboxylic acids is 1. The zero-order chi connectivity index (χ0) is 19.2. The number of methoxy groups -OCH3 is 2. The highest BCUT2D eigenvalue weighted by molar-refractivity contribution is 5.87. The highest BCUT2D eigenvalue weighted by Gasteiger charge is 2.17. The molecular weight excluding hydrogens is 355 g/mol. The second-order valence-corrected chi connectivity index (χ2v) is 5.72. The van der Waals surface area contributed by atoms with E-state index in [1.165, 1.54) is 25.3 Å². The van der Waals surface area contributed by atoms with E-state index in [4.69, 9.17) is 23.7 Å². The van der Waals surface area contributed by atoms with Gasteiger partial charge in [0.05, 0.1) is 20.8 Å². The number of esters is 1. The average Bonchev–Trinajstić information content (AvgIpc) is 2.70. The molecule has 1 heterocycles. The first-order chi connectivity index (χ1) is 13.1. The predicted octanol–water partition coefficient (Wildman–Crippen LogP) is 3.47. The van der Waals surface area contributed by atoms with E-state index in [9.17, 15) is 9.18 Å². The molecule has 0 amide bonds. The van der Waals surface area contributed by atoms with Gasteiger partial charge >= 0.3 is 5.97 Å². The van der Waals surface area contributed by atoms with Crippen LogP contribution in [0.25, 0.3) is 6.08 Å². The summed E-state index contributed by atoms with van der Waals surface area (Å²) in [5, 5.41) is 0. The van der Waals surface area contributed by atoms with Crippen LogP contribution in [-0.4, -0.2) is 27.0 Å². The number of rotatable bonds is 6. The molecular formula is C20H19FO6. The van der Waals surface area contributed by atoms with E-state index < -0.39 is 11.8 Å². The smallest absolute Gasteiger partial charge is 0.331 e. The van der Waals surface area contributed by atoms with Crippen molar-refractivity contribution in [2.45, 2.75) is 13.2 Å². The maximum atomic E-state index is 13.7. The molecule has 3 rings (SSSR count). The molecule has 142 valence electrons. The van der Waals surface area contributed by atoms with Crippen LogP contribution in [0.3, 0.4) is 0 Å². The highest BCUT2D eigenvalue weighted by atomic mass is 19.1. The molecule has 0 bridgehead atoms. The van der Waals surface area contributed by atoms with Gasteiger partial charge in [-0.1, -0.05) is 6.07 Å². The summed E-state index contributed by atoms with van der Waals surface area (Å²) in [6.45, 7) is 0.237. The number of halogens is 1. The third kappa shape index (κ3) is 4.57. The van der Waals surface area contributed by atoms with Gasteiger partial charge in [-0.05, 0) is 35.9 Å². The van der Waals surface area contributed by atoms with Crippen molar-refractivity contribution in [1.82, 2.24) is 0 Å². The molecule has 0 atom stereocenters. The van der Waals surface area contributed by atoms with Crippen molar-refractivity contribution in [2.75, 3.05) is 21.0 Å². The van der Waals surface area contributed by atoms with Crippen LogP contribution in [0.5, 0.6) is 17.2 Å². The monoisotopic (exact) mass is 374 g/mol. The summed E-state index contributed by atoms with van der Waals surface area (Å²) in [6, 6.07) is 7.88. The Morgan fingerprint density at radius 3 is 2.78 bits per heavy atom. The molecule has 0 aliphatic carbocycles. The molecule has 0 unspecified atom stereocenters. The molecule has 0 saturated heterocycles. The maximum absolute atomic E-state index is 13.7. The van der Waals surface area contributed by atoms with E-state index in [0.29, 0.717) is 28.4 Å². The van der Waals surface area contributed by atoms with Gasteiger partial charge < -0.3 is 23.7 Å². The van der Waals surface area contributed by atoms with Crippen LogP contribution >= 0.6 is 0 Å². The second-order valence-electron chi connectivity index (χ2n) is 5.72. The number of fused-ring (bicyclic) bond motifs is 1. The van der Waals surface area contributed by atoms with E-state index in [1.807, 2.05) is 0 Å². The fraction of sp³-hybridized carbons (Fsp3) is 0.250. The second kappa shape index (κ2) is 8.55. The Balaban J connectivity index is 1.65. The summed E-state index contributed by atoms with van der Waals surface area (Å²) in [7, 11) is 3.08. The molecule has 6 nitrogen and oxygen atoms in total. The molecule has 0 spiro atoms. The normalized spacial score (nSPS) is 13.0. The Hall–Kier alpha value is -3.06. The minimum Gasteiger partial charge on any atom is -0.493 e. The fourth-order valence-electron chi connectivity index (χ4n) is 2.68. The Labute approximate surface area is 156 Å². The minimum absolute atomic E-state index is 0.0821.